The highest BCUT2D eigenvalue weighted by molar-refractivity contribution is 5.75. The molecular formula is C15H21NO3. The van der Waals surface area contributed by atoms with Gasteiger partial charge >= 0.3 is 5.97 Å². The zero-order chi connectivity index (χ0) is 13.8. The Balaban J connectivity index is 2.02. The number of esters is 1. The molecule has 2 rings (SSSR count). The van der Waals surface area contributed by atoms with Gasteiger partial charge in [-0.1, -0.05) is 24.3 Å². The highest BCUT2D eigenvalue weighted by Crippen LogP contribution is 2.29. The van der Waals surface area contributed by atoms with Gasteiger partial charge in [-0.15, -0.1) is 0 Å². The first-order chi connectivity index (χ1) is 9.13. The van der Waals surface area contributed by atoms with Gasteiger partial charge in [0.15, 0.2) is 0 Å². The van der Waals surface area contributed by atoms with Crippen LogP contribution in [-0.4, -0.2) is 29.8 Å². The molecule has 0 spiro atoms. The van der Waals surface area contributed by atoms with Gasteiger partial charge in [-0.25, -0.2) is 0 Å². The number of hydrogen-bond donors (Lipinski definition) is 2. The van der Waals surface area contributed by atoms with Gasteiger partial charge in [0.25, 0.3) is 0 Å². The number of benzene rings is 1. The van der Waals surface area contributed by atoms with Gasteiger partial charge in [-0.2, -0.15) is 0 Å². The van der Waals surface area contributed by atoms with E-state index in [1.807, 2.05) is 24.3 Å². The van der Waals surface area contributed by atoms with Crippen LogP contribution in [0.4, 0.5) is 0 Å². The first-order valence-electron chi connectivity index (χ1n) is 6.82. The van der Waals surface area contributed by atoms with Crippen LogP contribution < -0.4 is 5.32 Å². The minimum atomic E-state index is -0.568. The predicted octanol–water partition coefficient (Wildman–Crippen LogP) is 1.58. The predicted molar refractivity (Wildman–Crippen MR) is 72.7 cm³/mol. The molecule has 0 fully saturated rings. The molecule has 4 nitrogen and oxygen atoms in total. The van der Waals surface area contributed by atoms with E-state index in [2.05, 4.69) is 5.32 Å². The zero-order valence-electron chi connectivity index (χ0n) is 11.4. The van der Waals surface area contributed by atoms with E-state index in [0.717, 1.165) is 18.4 Å². The lowest BCUT2D eigenvalue weighted by molar-refractivity contribution is -0.145. The lowest BCUT2D eigenvalue weighted by Gasteiger charge is -2.32. The van der Waals surface area contributed by atoms with Crippen molar-refractivity contribution in [3.8, 4) is 0 Å². The van der Waals surface area contributed by atoms with Crippen LogP contribution in [0.25, 0.3) is 0 Å². The maximum absolute atomic E-state index is 11.6. The highest BCUT2D eigenvalue weighted by Gasteiger charge is 2.30. The van der Waals surface area contributed by atoms with Crippen LogP contribution in [0.3, 0.4) is 0 Å². The van der Waals surface area contributed by atoms with Crippen molar-refractivity contribution in [3.63, 3.8) is 0 Å². The second-order valence-corrected chi connectivity index (χ2v) is 4.93. The summed E-state index contributed by atoms with van der Waals surface area (Å²) in [4.78, 5) is 11.6. The van der Waals surface area contributed by atoms with E-state index in [4.69, 9.17) is 4.74 Å². The molecule has 0 aromatic heterocycles. The molecule has 0 radical (unpaired) electrons. The maximum Gasteiger partial charge on any atom is 0.322 e. The van der Waals surface area contributed by atoms with Crippen LogP contribution in [0.2, 0.25) is 0 Å². The van der Waals surface area contributed by atoms with Crippen molar-refractivity contribution in [1.29, 1.82) is 0 Å². The number of aryl methyl sites for hydroxylation is 1. The number of nitrogens with one attached hydrogen (secondary N) is 1. The van der Waals surface area contributed by atoms with E-state index in [-0.39, 0.29) is 12.0 Å². The third-order valence-electron chi connectivity index (χ3n) is 3.58. The second-order valence-electron chi connectivity index (χ2n) is 4.93. The molecule has 3 atom stereocenters. The minimum Gasteiger partial charge on any atom is -0.465 e. The Kier molecular flexibility index (Phi) is 4.56. The molecule has 1 aromatic carbocycles. The molecule has 1 aromatic rings. The maximum atomic E-state index is 11.6. The number of hydrogen-bond acceptors (Lipinski definition) is 4. The number of ether oxygens (including phenoxy) is 1. The van der Waals surface area contributed by atoms with Gasteiger partial charge in [0.1, 0.15) is 6.04 Å². The van der Waals surface area contributed by atoms with Crippen molar-refractivity contribution in [2.45, 2.75) is 44.9 Å². The smallest absolute Gasteiger partial charge is 0.322 e. The summed E-state index contributed by atoms with van der Waals surface area (Å²) in [5.74, 6) is -0.270. The molecule has 19 heavy (non-hydrogen) atoms. The highest BCUT2D eigenvalue weighted by atomic mass is 16.5. The first kappa shape index (κ1) is 14.0. The van der Waals surface area contributed by atoms with E-state index < -0.39 is 12.1 Å². The normalized spacial score (nSPS) is 23.5. The van der Waals surface area contributed by atoms with Crippen molar-refractivity contribution in [1.82, 2.24) is 5.32 Å². The van der Waals surface area contributed by atoms with Crippen molar-refractivity contribution in [3.05, 3.63) is 35.4 Å². The average Bonchev–Trinajstić information content (AvgIpc) is 2.42. The number of rotatable bonds is 4. The van der Waals surface area contributed by atoms with Gasteiger partial charge in [-0.3, -0.25) is 10.1 Å². The molecule has 0 saturated carbocycles. The lowest BCUT2D eigenvalue weighted by atomic mass is 9.85. The summed E-state index contributed by atoms with van der Waals surface area (Å²) in [7, 11) is 0. The van der Waals surface area contributed by atoms with Gasteiger partial charge < -0.3 is 9.84 Å². The van der Waals surface area contributed by atoms with Crippen molar-refractivity contribution < 1.29 is 14.6 Å². The molecule has 0 saturated heterocycles. The summed E-state index contributed by atoms with van der Waals surface area (Å²) >= 11 is 0. The Bertz CT molecular complexity index is 447. The number of carbonyl (C=O) groups is 1. The fourth-order valence-corrected chi connectivity index (χ4v) is 2.57. The van der Waals surface area contributed by atoms with Crippen LogP contribution in [0, 0.1) is 0 Å². The van der Waals surface area contributed by atoms with Crippen LogP contribution in [-0.2, 0) is 16.0 Å². The average molecular weight is 263 g/mol. The first-order valence-corrected chi connectivity index (χ1v) is 6.82. The van der Waals surface area contributed by atoms with Crippen LogP contribution in [0.1, 0.15) is 37.5 Å². The second kappa shape index (κ2) is 6.17. The molecule has 0 amide bonds. The summed E-state index contributed by atoms with van der Waals surface area (Å²) in [6.45, 7) is 3.93. The van der Waals surface area contributed by atoms with E-state index in [1.54, 1.807) is 13.8 Å². The molecule has 2 N–H and O–H groups in total. The Morgan fingerprint density at radius 2 is 2.26 bits per heavy atom. The van der Waals surface area contributed by atoms with E-state index in [1.165, 1.54) is 5.56 Å². The number of carbonyl (C=O) groups excluding carboxylic acids is 1. The molecule has 0 bridgehead atoms. The third kappa shape index (κ3) is 3.14. The molecular weight excluding hydrogens is 242 g/mol. The van der Waals surface area contributed by atoms with Crippen LogP contribution in [0.5, 0.6) is 0 Å². The van der Waals surface area contributed by atoms with Crippen molar-refractivity contribution >= 4 is 5.97 Å². The molecule has 2 unspecified atom stereocenters. The number of aliphatic hydroxyl groups excluding tert-OH is 1. The molecule has 1 aliphatic rings. The Hall–Kier alpha value is -1.39. The zero-order valence-corrected chi connectivity index (χ0v) is 11.4. The van der Waals surface area contributed by atoms with Crippen LogP contribution >= 0.6 is 0 Å². The Labute approximate surface area is 113 Å². The molecule has 4 heteroatoms. The third-order valence-corrected chi connectivity index (χ3v) is 3.58. The summed E-state index contributed by atoms with van der Waals surface area (Å²) < 4.78 is 4.97. The molecule has 104 valence electrons. The van der Waals surface area contributed by atoms with E-state index >= 15 is 0 Å². The Morgan fingerprint density at radius 3 is 3.00 bits per heavy atom. The van der Waals surface area contributed by atoms with Gasteiger partial charge in [0.2, 0.25) is 0 Å². The summed E-state index contributed by atoms with van der Waals surface area (Å²) in [6, 6.07) is 7.41. The van der Waals surface area contributed by atoms with Gasteiger partial charge in [0, 0.05) is 6.04 Å². The summed E-state index contributed by atoms with van der Waals surface area (Å²) in [6.07, 6.45) is 1.17. The standard InChI is InChI=1S/C15H21NO3/c1-3-19-15(18)10(2)16-13-9-8-11-6-4-5-7-12(11)14(13)17/h4-7,10,13-14,16-17H,3,8-9H2,1-2H3/t10-,13?,14?/m0/s1. The molecule has 0 heterocycles. The van der Waals surface area contributed by atoms with Crippen molar-refractivity contribution in [2.24, 2.45) is 0 Å². The molecule has 0 aliphatic heterocycles. The quantitative estimate of drug-likeness (QED) is 0.810. The number of fused-ring (bicyclic) bond motifs is 1. The topological polar surface area (TPSA) is 58.6 Å². The fourth-order valence-electron chi connectivity index (χ4n) is 2.57. The SMILES string of the molecule is CCOC(=O)[C@H](C)NC1CCc2ccccc2C1O. The number of aliphatic hydroxyl groups is 1. The van der Waals surface area contributed by atoms with Gasteiger partial charge in [0.05, 0.1) is 12.7 Å². The van der Waals surface area contributed by atoms with Crippen LogP contribution in [0.15, 0.2) is 24.3 Å². The van der Waals surface area contributed by atoms with E-state index in [9.17, 15) is 9.90 Å². The lowest BCUT2D eigenvalue weighted by Crippen LogP contribution is -2.46. The Morgan fingerprint density at radius 1 is 1.53 bits per heavy atom. The minimum absolute atomic E-state index is 0.102. The fraction of sp³-hybridized carbons (Fsp3) is 0.533. The summed E-state index contributed by atoms with van der Waals surface area (Å²) in [5.41, 5.74) is 2.15. The molecule has 1 aliphatic carbocycles. The summed E-state index contributed by atoms with van der Waals surface area (Å²) in [5, 5.41) is 13.5. The van der Waals surface area contributed by atoms with E-state index in [0.29, 0.717) is 6.61 Å². The van der Waals surface area contributed by atoms with Gasteiger partial charge in [-0.05, 0) is 37.8 Å². The van der Waals surface area contributed by atoms with Crippen molar-refractivity contribution in [2.75, 3.05) is 6.61 Å². The largest absolute Gasteiger partial charge is 0.465 e. The monoisotopic (exact) mass is 263 g/mol.